The molecule has 1 saturated carbocycles. The number of hydrogen-bond donors (Lipinski definition) is 1. The van der Waals surface area contributed by atoms with Crippen molar-refractivity contribution < 1.29 is 18.7 Å². The summed E-state index contributed by atoms with van der Waals surface area (Å²) in [6.45, 7) is 1.58. The minimum Gasteiger partial charge on any atom is -0.370 e. The van der Waals surface area contributed by atoms with E-state index in [-0.39, 0.29) is 41.4 Å². The highest BCUT2D eigenvalue weighted by molar-refractivity contribution is 6.30. The summed E-state index contributed by atoms with van der Waals surface area (Å²) in [7, 11) is 3.38. The number of nitrogens with zero attached hydrogens (tertiary/aromatic N) is 4. The average molecular weight is 478 g/mol. The van der Waals surface area contributed by atoms with Gasteiger partial charge in [-0.2, -0.15) is 5.10 Å². The Labute approximate surface area is 197 Å². The zero-order valence-corrected chi connectivity index (χ0v) is 19.6. The first-order valence-corrected chi connectivity index (χ1v) is 11.5. The van der Waals surface area contributed by atoms with Gasteiger partial charge in [-0.15, -0.1) is 0 Å². The molecule has 1 aliphatic heterocycles. The monoisotopic (exact) mass is 477 g/mol. The number of anilines is 1. The molecule has 0 unspecified atom stereocenters. The number of likely N-dealkylation sites (tertiary alicyclic amines) is 1. The molecule has 8 nitrogen and oxygen atoms in total. The summed E-state index contributed by atoms with van der Waals surface area (Å²) >= 11 is 5.83. The Morgan fingerprint density at radius 3 is 2.82 bits per heavy atom. The van der Waals surface area contributed by atoms with Gasteiger partial charge in [0.2, 0.25) is 11.8 Å². The lowest BCUT2D eigenvalue weighted by atomic mass is 10.1. The van der Waals surface area contributed by atoms with Gasteiger partial charge in [0.1, 0.15) is 12.4 Å². The van der Waals surface area contributed by atoms with Crippen molar-refractivity contribution in [3.8, 4) is 0 Å². The first-order chi connectivity index (χ1) is 15.8. The van der Waals surface area contributed by atoms with Crippen molar-refractivity contribution in [3.05, 3.63) is 47.0 Å². The largest absolute Gasteiger partial charge is 0.370 e. The number of amides is 2. The topological polar surface area (TPSA) is 79.7 Å². The van der Waals surface area contributed by atoms with E-state index in [4.69, 9.17) is 16.3 Å². The van der Waals surface area contributed by atoms with Gasteiger partial charge in [0.25, 0.3) is 0 Å². The van der Waals surface area contributed by atoms with Gasteiger partial charge < -0.3 is 15.0 Å². The molecule has 1 aromatic carbocycles. The number of likely N-dealkylation sites (N-methyl/N-ethyl adjacent to an activating group) is 1. The van der Waals surface area contributed by atoms with E-state index >= 15 is 0 Å². The highest BCUT2D eigenvalue weighted by Crippen LogP contribution is 2.32. The van der Waals surface area contributed by atoms with Gasteiger partial charge in [-0.25, -0.2) is 4.39 Å². The van der Waals surface area contributed by atoms with E-state index in [9.17, 15) is 14.0 Å². The molecule has 2 heterocycles. The van der Waals surface area contributed by atoms with Crippen molar-refractivity contribution >= 4 is 29.1 Å². The van der Waals surface area contributed by atoms with Gasteiger partial charge in [-0.3, -0.25) is 19.2 Å². The molecular formula is C23H29ClFN5O3. The summed E-state index contributed by atoms with van der Waals surface area (Å²) in [5, 5.41) is 7.48. The molecular weight excluding hydrogens is 449 g/mol. The summed E-state index contributed by atoms with van der Waals surface area (Å²) in [6, 6.07) is 4.90. The molecule has 0 bridgehead atoms. The zero-order valence-electron chi connectivity index (χ0n) is 18.8. The summed E-state index contributed by atoms with van der Waals surface area (Å²) < 4.78 is 21.5. The van der Waals surface area contributed by atoms with Crippen LogP contribution in [0.4, 0.5) is 10.1 Å². The van der Waals surface area contributed by atoms with Crippen LogP contribution in [0.1, 0.15) is 30.9 Å². The number of benzene rings is 1. The maximum absolute atomic E-state index is 14.0. The van der Waals surface area contributed by atoms with Crippen LogP contribution in [0, 0.1) is 11.7 Å². The quantitative estimate of drug-likeness (QED) is 0.600. The molecule has 0 radical (unpaired) electrons. The van der Waals surface area contributed by atoms with Crippen LogP contribution in [0.15, 0.2) is 30.6 Å². The van der Waals surface area contributed by atoms with Gasteiger partial charge in [0.05, 0.1) is 29.6 Å². The van der Waals surface area contributed by atoms with Crippen molar-refractivity contribution in [2.45, 2.75) is 37.9 Å². The molecule has 1 aromatic heterocycles. The Kier molecular flexibility index (Phi) is 7.31. The number of hydrogen-bond acceptors (Lipinski definition) is 5. The van der Waals surface area contributed by atoms with E-state index in [1.54, 1.807) is 26.4 Å². The van der Waals surface area contributed by atoms with Crippen LogP contribution in [-0.2, 0) is 20.9 Å². The predicted octanol–water partition coefficient (Wildman–Crippen LogP) is 2.94. The fourth-order valence-electron chi connectivity index (χ4n) is 3.99. The average Bonchev–Trinajstić information content (AvgIpc) is 3.41. The Bertz CT molecular complexity index is 1010. The number of ether oxygens (including phenoxy) is 1. The number of carbonyl (C=O) groups excluding carboxylic acids is 2. The van der Waals surface area contributed by atoms with Crippen LogP contribution in [0.5, 0.6) is 0 Å². The van der Waals surface area contributed by atoms with Crippen LogP contribution in [0.25, 0.3) is 0 Å². The van der Waals surface area contributed by atoms with E-state index in [1.807, 2.05) is 16.9 Å². The van der Waals surface area contributed by atoms with E-state index < -0.39 is 5.82 Å². The minimum atomic E-state index is -0.447. The Balaban J connectivity index is 1.43. The second-order valence-corrected chi connectivity index (χ2v) is 9.40. The third kappa shape index (κ3) is 6.10. The van der Waals surface area contributed by atoms with E-state index in [0.717, 1.165) is 24.8 Å². The van der Waals surface area contributed by atoms with Crippen molar-refractivity contribution in [2.75, 3.05) is 39.2 Å². The smallest absolute Gasteiger partial charge is 0.248 e. The number of halogens is 2. The minimum absolute atomic E-state index is 0.0106. The predicted molar refractivity (Wildman–Crippen MR) is 122 cm³/mol. The van der Waals surface area contributed by atoms with Crippen molar-refractivity contribution in [1.82, 2.24) is 19.6 Å². The molecule has 178 valence electrons. The Morgan fingerprint density at radius 1 is 1.33 bits per heavy atom. The molecule has 1 saturated heterocycles. The molecule has 2 aromatic rings. The number of carbonyl (C=O) groups is 2. The van der Waals surface area contributed by atoms with Gasteiger partial charge in [0, 0.05) is 45.3 Å². The van der Waals surface area contributed by atoms with Crippen molar-refractivity contribution in [2.24, 2.45) is 5.92 Å². The van der Waals surface area contributed by atoms with Crippen LogP contribution in [-0.4, -0.2) is 71.3 Å². The molecule has 1 N–H and O–H groups in total. The normalized spacial score (nSPS) is 20.7. The van der Waals surface area contributed by atoms with Crippen LogP contribution >= 0.6 is 11.6 Å². The maximum Gasteiger partial charge on any atom is 0.248 e. The van der Waals surface area contributed by atoms with E-state index in [0.29, 0.717) is 25.4 Å². The fourth-order valence-corrected chi connectivity index (χ4v) is 4.11. The molecule has 2 aliphatic rings. The lowest BCUT2D eigenvalue weighted by Gasteiger charge is -2.24. The SMILES string of the molecule is CN(C)C(=O)COC[C@@H]1C[C@H](n2cc(NC(=O)C3CC3)cn2)CN1Cc1ccc(Cl)c(F)c1. The summed E-state index contributed by atoms with van der Waals surface area (Å²) in [5.74, 6) is -0.373. The Morgan fingerprint density at radius 2 is 2.12 bits per heavy atom. The molecule has 10 heteroatoms. The first-order valence-electron chi connectivity index (χ1n) is 11.1. The molecule has 2 fully saturated rings. The van der Waals surface area contributed by atoms with E-state index in [1.165, 1.54) is 11.0 Å². The molecule has 2 amide bonds. The van der Waals surface area contributed by atoms with Crippen molar-refractivity contribution in [1.29, 1.82) is 0 Å². The van der Waals surface area contributed by atoms with Gasteiger partial charge in [-0.05, 0) is 37.0 Å². The molecule has 33 heavy (non-hydrogen) atoms. The first kappa shape index (κ1) is 23.7. The molecule has 0 spiro atoms. The summed E-state index contributed by atoms with van der Waals surface area (Å²) in [5.41, 5.74) is 1.50. The van der Waals surface area contributed by atoms with Crippen LogP contribution in [0.3, 0.4) is 0 Å². The number of nitrogens with one attached hydrogen (secondary N) is 1. The third-order valence-electron chi connectivity index (χ3n) is 6.10. The standard InChI is InChI=1S/C23H29ClFN5O3/c1-28(2)22(31)14-33-13-19-8-18(12-29(19)10-15-3-6-20(24)21(25)7-15)30-11-17(9-26-30)27-23(32)16-4-5-16/h3,6-7,9,11,16,18-19H,4-5,8,10,12-14H2,1-2H3,(H,27,32)/t18-,19-/m0/s1. The van der Waals surface area contributed by atoms with Crippen LogP contribution < -0.4 is 5.32 Å². The number of aromatic nitrogens is 2. The maximum atomic E-state index is 14.0. The van der Waals surface area contributed by atoms with Gasteiger partial charge in [-0.1, -0.05) is 17.7 Å². The lowest BCUT2D eigenvalue weighted by Crippen LogP contribution is -2.34. The van der Waals surface area contributed by atoms with Crippen molar-refractivity contribution in [3.63, 3.8) is 0 Å². The molecule has 2 atom stereocenters. The lowest BCUT2D eigenvalue weighted by molar-refractivity contribution is -0.134. The number of rotatable bonds is 9. The van der Waals surface area contributed by atoms with E-state index in [2.05, 4.69) is 15.3 Å². The second kappa shape index (κ2) is 10.2. The summed E-state index contributed by atoms with van der Waals surface area (Å²) in [4.78, 5) is 27.6. The van der Waals surface area contributed by atoms with Crippen LogP contribution in [0.2, 0.25) is 5.02 Å². The highest BCUT2D eigenvalue weighted by Gasteiger charge is 2.34. The Hall–Kier alpha value is -2.49. The summed E-state index contributed by atoms with van der Waals surface area (Å²) in [6.07, 6.45) is 6.16. The molecule has 4 rings (SSSR count). The second-order valence-electron chi connectivity index (χ2n) is 9.00. The fraction of sp³-hybridized carbons (Fsp3) is 0.522. The molecule has 1 aliphatic carbocycles. The van der Waals surface area contributed by atoms with Gasteiger partial charge in [0.15, 0.2) is 0 Å². The third-order valence-corrected chi connectivity index (χ3v) is 6.41. The van der Waals surface area contributed by atoms with Gasteiger partial charge >= 0.3 is 0 Å². The highest BCUT2D eigenvalue weighted by atomic mass is 35.5. The zero-order chi connectivity index (χ0) is 23.5.